The molecule has 0 saturated carbocycles. The quantitative estimate of drug-likeness (QED) is 0.581. The normalized spacial score (nSPS) is 10.9. The second-order valence-electron chi connectivity index (χ2n) is 2.91. The Morgan fingerprint density at radius 2 is 1.92 bits per heavy atom. The first-order valence-electron chi connectivity index (χ1n) is 3.84. The van der Waals surface area contributed by atoms with Crippen LogP contribution in [0.5, 0.6) is 0 Å². The van der Waals surface area contributed by atoms with E-state index < -0.39 is 0 Å². The molecule has 0 bridgehead atoms. The highest BCUT2D eigenvalue weighted by Crippen LogP contribution is 2.07. The smallest absolute Gasteiger partial charge is 0.182 e. The molecule has 0 atom stereocenters. The fraction of sp³-hybridized carbons (Fsp3) is 0.375. The Morgan fingerprint density at radius 1 is 1.17 bits per heavy atom. The van der Waals surface area contributed by atoms with Crippen LogP contribution in [0.15, 0.2) is 6.20 Å². The number of hydrogen-bond donors (Lipinski definition) is 0. The monoisotopic (exact) mass is 162 g/mol. The van der Waals surface area contributed by atoms with Crippen molar-refractivity contribution in [2.75, 3.05) is 0 Å². The number of nitrogens with zero attached hydrogens (tertiary/aromatic N) is 4. The van der Waals surface area contributed by atoms with E-state index in [1.807, 2.05) is 31.4 Å². The van der Waals surface area contributed by atoms with Gasteiger partial charge in [-0.2, -0.15) is 0 Å². The van der Waals surface area contributed by atoms with Crippen LogP contribution in [0.1, 0.15) is 17.2 Å². The van der Waals surface area contributed by atoms with E-state index in [1.54, 1.807) is 0 Å². The summed E-state index contributed by atoms with van der Waals surface area (Å²) >= 11 is 0. The third-order valence-corrected chi connectivity index (χ3v) is 1.85. The second-order valence-corrected chi connectivity index (χ2v) is 2.91. The van der Waals surface area contributed by atoms with Crippen molar-refractivity contribution in [1.29, 1.82) is 0 Å². The molecule has 2 rings (SSSR count). The molecule has 2 heterocycles. The van der Waals surface area contributed by atoms with Crippen molar-refractivity contribution in [2.45, 2.75) is 20.8 Å². The van der Waals surface area contributed by atoms with Crippen molar-refractivity contribution in [3.8, 4) is 0 Å². The van der Waals surface area contributed by atoms with Crippen molar-refractivity contribution in [3.05, 3.63) is 23.4 Å². The molecule has 2 aromatic rings. The van der Waals surface area contributed by atoms with Crippen LogP contribution in [0.25, 0.3) is 5.65 Å². The Kier molecular flexibility index (Phi) is 1.36. The maximum absolute atomic E-state index is 4.29. The summed E-state index contributed by atoms with van der Waals surface area (Å²) in [4.78, 5) is 4.29. The van der Waals surface area contributed by atoms with Crippen LogP contribution in [0.3, 0.4) is 0 Å². The van der Waals surface area contributed by atoms with Gasteiger partial charge in [-0.3, -0.25) is 9.38 Å². The molecule has 62 valence electrons. The van der Waals surface area contributed by atoms with E-state index in [2.05, 4.69) is 15.2 Å². The minimum absolute atomic E-state index is 0.845. The van der Waals surface area contributed by atoms with E-state index in [0.29, 0.717) is 0 Å². The molecule has 0 spiro atoms. The van der Waals surface area contributed by atoms with E-state index >= 15 is 0 Å². The first-order valence-corrected chi connectivity index (χ1v) is 3.84. The maximum Gasteiger partial charge on any atom is 0.182 e. The summed E-state index contributed by atoms with van der Waals surface area (Å²) in [7, 11) is 0. The molecule has 12 heavy (non-hydrogen) atoms. The first kappa shape index (κ1) is 7.21. The molecule has 0 aliphatic carbocycles. The Hall–Kier alpha value is -1.45. The number of aromatic nitrogens is 4. The van der Waals surface area contributed by atoms with Gasteiger partial charge in [-0.25, -0.2) is 0 Å². The molecule has 2 aromatic heterocycles. The standard InChI is InChI=1S/C8H10N4/c1-5-4-12-7(3)10-11-8(12)6(2)9-5/h4H,1-3H3. The van der Waals surface area contributed by atoms with Crippen LogP contribution >= 0.6 is 0 Å². The summed E-state index contributed by atoms with van der Waals surface area (Å²) in [6.07, 6.45) is 1.94. The molecule has 0 N–H and O–H groups in total. The second kappa shape index (κ2) is 2.27. The fourth-order valence-corrected chi connectivity index (χ4v) is 1.30. The number of hydrogen-bond acceptors (Lipinski definition) is 3. The highest BCUT2D eigenvalue weighted by atomic mass is 15.2. The summed E-state index contributed by atoms with van der Waals surface area (Å²) < 4.78 is 1.96. The van der Waals surface area contributed by atoms with Crippen LogP contribution in [0, 0.1) is 20.8 Å². The lowest BCUT2D eigenvalue weighted by Crippen LogP contribution is -1.95. The molecule has 0 radical (unpaired) electrons. The predicted octanol–water partition coefficient (Wildman–Crippen LogP) is 1.05. The lowest BCUT2D eigenvalue weighted by molar-refractivity contribution is 0.979. The van der Waals surface area contributed by atoms with Crippen molar-refractivity contribution >= 4 is 5.65 Å². The van der Waals surface area contributed by atoms with E-state index in [4.69, 9.17) is 0 Å². The average Bonchev–Trinajstić information content (AvgIpc) is 2.33. The van der Waals surface area contributed by atoms with Crippen molar-refractivity contribution in [1.82, 2.24) is 19.6 Å². The molecule has 0 aliphatic rings. The zero-order valence-electron chi connectivity index (χ0n) is 7.37. The fourth-order valence-electron chi connectivity index (χ4n) is 1.30. The van der Waals surface area contributed by atoms with Crippen LogP contribution < -0.4 is 0 Å². The van der Waals surface area contributed by atoms with Crippen molar-refractivity contribution in [2.24, 2.45) is 0 Å². The summed E-state index contributed by atoms with van der Waals surface area (Å²) in [5.74, 6) is 0.901. The Balaban J connectivity index is 2.92. The van der Waals surface area contributed by atoms with Gasteiger partial charge >= 0.3 is 0 Å². The zero-order chi connectivity index (χ0) is 8.72. The topological polar surface area (TPSA) is 43.1 Å². The molecular formula is C8H10N4. The Bertz CT molecular complexity index is 430. The molecule has 0 amide bonds. The van der Waals surface area contributed by atoms with Gasteiger partial charge in [-0.05, 0) is 20.8 Å². The van der Waals surface area contributed by atoms with Gasteiger partial charge in [0.05, 0.1) is 11.4 Å². The predicted molar refractivity (Wildman–Crippen MR) is 45.0 cm³/mol. The minimum atomic E-state index is 0.845. The van der Waals surface area contributed by atoms with E-state index in [-0.39, 0.29) is 0 Å². The van der Waals surface area contributed by atoms with Crippen LogP contribution in [0.4, 0.5) is 0 Å². The van der Waals surface area contributed by atoms with Gasteiger partial charge in [-0.15, -0.1) is 10.2 Å². The Labute approximate surface area is 70.3 Å². The van der Waals surface area contributed by atoms with Crippen LogP contribution in [-0.4, -0.2) is 19.6 Å². The summed E-state index contributed by atoms with van der Waals surface area (Å²) in [5.41, 5.74) is 2.76. The largest absolute Gasteiger partial charge is 0.283 e. The SMILES string of the molecule is Cc1cn2c(C)nnc2c(C)n1. The summed E-state index contributed by atoms with van der Waals surface area (Å²) in [6, 6.07) is 0. The van der Waals surface area contributed by atoms with Gasteiger partial charge < -0.3 is 0 Å². The maximum atomic E-state index is 4.29. The van der Waals surface area contributed by atoms with Crippen LogP contribution in [-0.2, 0) is 0 Å². The molecule has 0 aliphatic heterocycles. The van der Waals surface area contributed by atoms with E-state index in [9.17, 15) is 0 Å². The first-order chi connectivity index (χ1) is 5.68. The third kappa shape index (κ3) is 0.879. The number of rotatable bonds is 0. The van der Waals surface area contributed by atoms with Gasteiger partial charge in [0, 0.05) is 6.20 Å². The summed E-state index contributed by atoms with van der Waals surface area (Å²) in [5, 5.41) is 7.98. The molecule has 0 fully saturated rings. The minimum Gasteiger partial charge on any atom is -0.283 e. The molecule has 0 aromatic carbocycles. The number of fused-ring (bicyclic) bond motifs is 1. The molecular weight excluding hydrogens is 152 g/mol. The average molecular weight is 162 g/mol. The molecule has 4 nitrogen and oxygen atoms in total. The van der Waals surface area contributed by atoms with Gasteiger partial charge in [0.1, 0.15) is 5.82 Å². The van der Waals surface area contributed by atoms with Crippen LogP contribution in [0.2, 0.25) is 0 Å². The summed E-state index contributed by atoms with van der Waals surface area (Å²) in [6.45, 7) is 5.83. The lowest BCUT2D eigenvalue weighted by atomic mass is 10.4. The number of aryl methyl sites for hydroxylation is 3. The molecule has 0 saturated heterocycles. The third-order valence-electron chi connectivity index (χ3n) is 1.85. The van der Waals surface area contributed by atoms with E-state index in [0.717, 1.165) is 22.9 Å². The van der Waals surface area contributed by atoms with Gasteiger partial charge in [0.15, 0.2) is 5.65 Å². The van der Waals surface area contributed by atoms with Gasteiger partial charge in [-0.1, -0.05) is 0 Å². The lowest BCUT2D eigenvalue weighted by Gasteiger charge is -1.98. The van der Waals surface area contributed by atoms with Gasteiger partial charge in [0.2, 0.25) is 0 Å². The highest BCUT2D eigenvalue weighted by molar-refractivity contribution is 5.42. The van der Waals surface area contributed by atoms with Gasteiger partial charge in [0.25, 0.3) is 0 Å². The molecule has 0 unspecified atom stereocenters. The van der Waals surface area contributed by atoms with Crippen molar-refractivity contribution in [3.63, 3.8) is 0 Å². The Morgan fingerprint density at radius 3 is 2.67 bits per heavy atom. The van der Waals surface area contributed by atoms with Crippen molar-refractivity contribution < 1.29 is 0 Å². The highest BCUT2D eigenvalue weighted by Gasteiger charge is 2.04. The zero-order valence-corrected chi connectivity index (χ0v) is 7.37. The van der Waals surface area contributed by atoms with E-state index in [1.165, 1.54) is 0 Å². The molecule has 4 heteroatoms.